The van der Waals surface area contributed by atoms with Crippen LogP contribution in [0.4, 0.5) is 0 Å². The molecule has 2 atom stereocenters. The summed E-state index contributed by atoms with van der Waals surface area (Å²) in [4.78, 5) is 13.7. The van der Waals surface area contributed by atoms with Crippen molar-refractivity contribution in [1.82, 2.24) is 10.3 Å². The van der Waals surface area contributed by atoms with E-state index in [9.17, 15) is 4.79 Å². The molecule has 0 unspecified atom stereocenters. The summed E-state index contributed by atoms with van der Waals surface area (Å²) in [6.45, 7) is 3.50. The molecule has 4 N–H and O–H groups in total. The van der Waals surface area contributed by atoms with Crippen LogP contribution in [-0.4, -0.2) is 33.7 Å². The molecule has 0 amide bonds. The number of nitrogens with one attached hydrogen (secondary N) is 1. The second kappa shape index (κ2) is 12.3. The largest absolute Gasteiger partial charge is 0.477 e. The Balaban J connectivity index is 0.000000278. The van der Waals surface area contributed by atoms with E-state index in [1.165, 1.54) is 109 Å². The topological polar surface area (TPSA) is 88.2 Å². The molecule has 2 bridgehead atoms. The van der Waals surface area contributed by atoms with Crippen molar-refractivity contribution in [3.8, 4) is 0 Å². The van der Waals surface area contributed by atoms with Crippen LogP contribution in [0.25, 0.3) is 0 Å². The van der Waals surface area contributed by atoms with Crippen LogP contribution in [-0.2, 0) is 0 Å². The zero-order chi connectivity index (χ0) is 21.0. The molecule has 2 aliphatic carbocycles. The summed E-state index contributed by atoms with van der Waals surface area (Å²) < 4.78 is 0. The lowest BCUT2D eigenvalue weighted by molar-refractivity contribution is 0.0690. The van der Waals surface area contributed by atoms with Crippen LogP contribution in [0.1, 0.15) is 107 Å². The third kappa shape index (κ3) is 8.43. The van der Waals surface area contributed by atoms with E-state index in [2.05, 4.69) is 17.2 Å². The lowest BCUT2D eigenvalue weighted by Crippen LogP contribution is -2.50. The second-order valence-corrected chi connectivity index (χ2v) is 9.09. The van der Waals surface area contributed by atoms with Gasteiger partial charge in [-0.2, -0.15) is 0 Å². The van der Waals surface area contributed by atoms with Gasteiger partial charge in [0.15, 0.2) is 0 Å². The quantitative estimate of drug-likeness (QED) is 0.436. The molecule has 2 aliphatic rings. The predicted octanol–water partition coefficient (Wildman–Crippen LogP) is 5.30. The molecule has 0 aromatic carbocycles. The Labute approximate surface area is 176 Å². The molecule has 5 heteroatoms. The van der Waals surface area contributed by atoms with Crippen molar-refractivity contribution in [3.63, 3.8) is 0 Å². The Bertz CT molecular complexity index is 595. The normalized spacial score (nSPS) is 25.3. The van der Waals surface area contributed by atoms with E-state index in [4.69, 9.17) is 10.8 Å². The van der Waals surface area contributed by atoms with Crippen LogP contribution in [0, 0.1) is 0 Å². The van der Waals surface area contributed by atoms with Crippen molar-refractivity contribution >= 4 is 5.97 Å². The van der Waals surface area contributed by atoms with Crippen LogP contribution in [0.2, 0.25) is 0 Å². The van der Waals surface area contributed by atoms with Gasteiger partial charge in [0.05, 0.1) is 0 Å². The van der Waals surface area contributed by atoms with Gasteiger partial charge in [-0.1, -0.05) is 57.9 Å². The van der Waals surface area contributed by atoms with Gasteiger partial charge in [-0.3, -0.25) is 0 Å². The first-order valence-corrected chi connectivity index (χ1v) is 11.7. The van der Waals surface area contributed by atoms with E-state index < -0.39 is 5.97 Å². The molecule has 3 rings (SSSR count). The molecule has 0 radical (unpaired) electrons. The summed E-state index contributed by atoms with van der Waals surface area (Å²) >= 11 is 0. The smallest absolute Gasteiger partial charge is 0.354 e. The summed E-state index contributed by atoms with van der Waals surface area (Å²) in [7, 11) is 0. The molecule has 2 fully saturated rings. The van der Waals surface area contributed by atoms with Crippen molar-refractivity contribution in [1.29, 1.82) is 0 Å². The van der Waals surface area contributed by atoms with Gasteiger partial charge in [0, 0.05) is 17.3 Å². The number of carbonyl (C=O) groups is 1. The molecular weight excluding hydrogens is 362 g/mol. The van der Waals surface area contributed by atoms with E-state index in [0.717, 1.165) is 0 Å². The summed E-state index contributed by atoms with van der Waals surface area (Å²) in [5.74, 6) is -0.990. The monoisotopic (exact) mass is 403 g/mol. The summed E-state index contributed by atoms with van der Waals surface area (Å²) in [5, 5.41) is 12.2. The zero-order valence-electron chi connectivity index (χ0n) is 18.3. The maximum Gasteiger partial charge on any atom is 0.354 e. The Morgan fingerprint density at radius 2 is 1.79 bits per heavy atom. The SMILES string of the molecule is CCCCCCCCCCN[C@]12CCC[C@](N)(CC1)C2.O=C(O)c1ccccn1. The summed E-state index contributed by atoms with van der Waals surface area (Å²) in [6, 6.07) is 4.76. The van der Waals surface area contributed by atoms with Gasteiger partial charge in [0.25, 0.3) is 0 Å². The molecular formula is C24H41N3O2. The third-order valence-corrected chi connectivity index (χ3v) is 6.54. The molecule has 1 aromatic rings. The van der Waals surface area contributed by atoms with Gasteiger partial charge in [0.2, 0.25) is 0 Å². The van der Waals surface area contributed by atoms with Gasteiger partial charge >= 0.3 is 5.97 Å². The third-order valence-electron chi connectivity index (χ3n) is 6.54. The first-order chi connectivity index (χ1) is 14.0. The predicted molar refractivity (Wildman–Crippen MR) is 119 cm³/mol. The number of rotatable bonds is 11. The highest BCUT2D eigenvalue weighted by Gasteiger charge is 2.48. The number of nitrogens with zero attached hydrogens (tertiary/aromatic N) is 1. The number of hydrogen-bond acceptors (Lipinski definition) is 4. The van der Waals surface area contributed by atoms with Crippen molar-refractivity contribution < 1.29 is 9.90 Å². The number of nitrogens with two attached hydrogens (primary N) is 1. The first kappa shape index (κ1) is 23.8. The Kier molecular flexibility index (Phi) is 10.1. The lowest BCUT2D eigenvalue weighted by Gasteiger charge is -2.38. The molecule has 5 nitrogen and oxygen atoms in total. The van der Waals surface area contributed by atoms with Crippen molar-refractivity contribution in [2.24, 2.45) is 5.73 Å². The Hall–Kier alpha value is -1.46. The highest BCUT2D eigenvalue weighted by Crippen LogP contribution is 2.46. The minimum Gasteiger partial charge on any atom is -0.477 e. The van der Waals surface area contributed by atoms with Crippen molar-refractivity contribution in [2.45, 2.75) is 108 Å². The van der Waals surface area contributed by atoms with Gasteiger partial charge in [-0.05, 0) is 63.6 Å². The molecule has 29 heavy (non-hydrogen) atoms. The summed E-state index contributed by atoms with van der Waals surface area (Å²) in [5.41, 5.74) is 7.15. The number of carboxylic acids is 1. The number of carboxylic acid groups (broad SMARTS) is 1. The lowest BCUT2D eigenvalue weighted by atomic mass is 9.79. The number of hydrogen-bond donors (Lipinski definition) is 3. The summed E-state index contributed by atoms with van der Waals surface area (Å²) in [6.07, 6.45) is 20.5. The maximum absolute atomic E-state index is 10.1. The number of pyridine rings is 1. The van der Waals surface area contributed by atoms with Crippen LogP contribution < -0.4 is 11.1 Å². The Morgan fingerprint density at radius 1 is 1.07 bits per heavy atom. The van der Waals surface area contributed by atoms with Crippen LogP contribution in [0.5, 0.6) is 0 Å². The van der Waals surface area contributed by atoms with Gasteiger partial charge in [-0.25, -0.2) is 9.78 Å². The van der Waals surface area contributed by atoms with Crippen LogP contribution in [0.15, 0.2) is 24.4 Å². The average Bonchev–Trinajstić information content (AvgIpc) is 2.96. The van der Waals surface area contributed by atoms with Crippen molar-refractivity contribution in [2.75, 3.05) is 6.54 Å². The van der Waals surface area contributed by atoms with Gasteiger partial charge in [0.1, 0.15) is 5.69 Å². The minimum absolute atomic E-state index is 0.0810. The highest BCUT2D eigenvalue weighted by molar-refractivity contribution is 5.85. The molecule has 0 saturated heterocycles. The van der Waals surface area contributed by atoms with E-state index in [1.807, 2.05) is 0 Å². The number of aromatic nitrogens is 1. The zero-order valence-corrected chi connectivity index (χ0v) is 18.3. The Morgan fingerprint density at radius 3 is 2.41 bits per heavy atom. The number of unbranched alkanes of at least 4 members (excludes halogenated alkanes) is 7. The van der Waals surface area contributed by atoms with Gasteiger partial charge in [-0.15, -0.1) is 0 Å². The number of fused-ring (bicyclic) bond motifs is 2. The van der Waals surface area contributed by atoms with Crippen molar-refractivity contribution in [3.05, 3.63) is 30.1 Å². The second-order valence-electron chi connectivity index (χ2n) is 9.09. The molecule has 1 aromatic heterocycles. The maximum atomic E-state index is 10.1. The molecule has 1 heterocycles. The average molecular weight is 404 g/mol. The molecule has 0 spiro atoms. The van der Waals surface area contributed by atoms with E-state index in [1.54, 1.807) is 12.1 Å². The van der Waals surface area contributed by atoms with E-state index in [-0.39, 0.29) is 11.2 Å². The fourth-order valence-electron chi connectivity index (χ4n) is 4.89. The van der Waals surface area contributed by atoms with E-state index in [0.29, 0.717) is 5.54 Å². The van der Waals surface area contributed by atoms with E-state index >= 15 is 0 Å². The van der Waals surface area contributed by atoms with Crippen LogP contribution >= 0.6 is 0 Å². The van der Waals surface area contributed by atoms with Crippen LogP contribution in [0.3, 0.4) is 0 Å². The standard InChI is InChI=1S/C18H36N2.C6H5NO2/c1-2-3-4-5-6-7-8-9-15-20-18-12-10-11-17(19,16-18)13-14-18;8-6(9)5-3-1-2-4-7-5/h20H,2-16,19H2,1H3;1-4H,(H,8,9)/t17-,18+;/m0./s1. The fraction of sp³-hybridized carbons (Fsp3) is 0.750. The minimum atomic E-state index is -0.990. The molecule has 2 saturated carbocycles. The highest BCUT2D eigenvalue weighted by atomic mass is 16.4. The molecule has 164 valence electrons. The fourth-order valence-corrected chi connectivity index (χ4v) is 4.89. The number of aromatic carboxylic acids is 1. The first-order valence-electron chi connectivity index (χ1n) is 11.7. The molecule has 0 aliphatic heterocycles. The van der Waals surface area contributed by atoms with Gasteiger partial charge < -0.3 is 16.2 Å².